The highest BCUT2D eigenvalue weighted by Gasteiger charge is 2.23. The van der Waals surface area contributed by atoms with Gasteiger partial charge in [0.25, 0.3) is 5.91 Å². The van der Waals surface area contributed by atoms with Crippen molar-refractivity contribution < 1.29 is 9.53 Å². The predicted molar refractivity (Wildman–Crippen MR) is 104 cm³/mol. The number of benzene rings is 3. The molecule has 0 saturated heterocycles. The number of fused-ring (bicyclic) bond motifs is 1. The number of rotatable bonds is 3. The molecule has 122 valence electrons. The van der Waals surface area contributed by atoms with Gasteiger partial charge in [0.2, 0.25) is 0 Å². The van der Waals surface area contributed by atoms with Crippen molar-refractivity contribution in [1.29, 1.82) is 0 Å². The molecule has 4 rings (SSSR count). The molecule has 1 heterocycles. The van der Waals surface area contributed by atoms with Crippen LogP contribution in [0.5, 0.6) is 5.75 Å². The van der Waals surface area contributed by atoms with Gasteiger partial charge >= 0.3 is 0 Å². The van der Waals surface area contributed by atoms with Crippen molar-refractivity contribution in [3.63, 3.8) is 0 Å². The van der Waals surface area contributed by atoms with E-state index in [2.05, 4.69) is 29.3 Å². The minimum Gasteiger partial charge on any atom is -0.497 e. The first-order chi connectivity index (χ1) is 12.2. The fourth-order valence-corrected chi connectivity index (χ4v) is 3.62. The fourth-order valence-electron chi connectivity index (χ4n) is 2.71. The number of hydrogen-bond acceptors (Lipinski definition) is 3. The monoisotopic (exact) mass is 345 g/mol. The number of nitrogens with zero attached hydrogens (tertiary/aromatic N) is 1. The Morgan fingerprint density at radius 1 is 0.960 bits per heavy atom. The summed E-state index contributed by atoms with van der Waals surface area (Å²) < 4.78 is 5.15. The normalized spacial score (nSPS) is 15.6. The molecule has 0 N–H and O–H groups in total. The van der Waals surface area contributed by atoms with Crippen LogP contribution in [0.15, 0.2) is 76.6 Å². The van der Waals surface area contributed by atoms with E-state index >= 15 is 0 Å². The lowest BCUT2D eigenvalue weighted by Gasteiger charge is -2.03. The van der Waals surface area contributed by atoms with Crippen LogP contribution in [0.4, 0.5) is 0 Å². The van der Waals surface area contributed by atoms with E-state index in [1.54, 1.807) is 7.11 Å². The van der Waals surface area contributed by atoms with Gasteiger partial charge in [-0.3, -0.25) is 4.79 Å². The van der Waals surface area contributed by atoms with Crippen LogP contribution in [-0.4, -0.2) is 18.1 Å². The summed E-state index contributed by atoms with van der Waals surface area (Å²) in [6.45, 7) is 0. The molecule has 4 heteroatoms. The molecule has 0 unspecified atom stereocenters. The molecule has 1 amide bonds. The third-order valence-corrected chi connectivity index (χ3v) is 5.06. The zero-order valence-electron chi connectivity index (χ0n) is 13.6. The zero-order chi connectivity index (χ0) is 17.2. The first-order valence-electron chi connectivity index (χ1n) is 7.89. The van der Waals surface area contributed by atoms with E-state index < -0.39 is 0 Å². The number of thioether (sulfide) groups is 1. The van der Waals surface area contributed by atoms with Gasteiger partial charge in [-0.2, -0.15) is 0 Å². The Kier molecular flexibility index (Phi) is 4.12. The summed E-state index contributed by atoms with van der Waals surface area (Å²) in [5.74, 6) is 0.602. The van der Waals surface area contributed by atoms with Gasteiger partial charge in [-0.15, -0.1) is 0 Å². The first-order valence-corrected chi connectivity index (χ1v) is 8.70. The Hall–Kier alpha value is -2.85. The van der Waals surface area contributed by atoms with E-state index in [4.69, 9.17) is 4.74 Å². The van der Waals surface area contributed by atoms with Crippen molar-refractivity contribution in [3.05, 3.63) is 82.8 Å². The van der Waals surface area contributed by atoms with Crippen molar-refractivity contribution >= 4 is 39.6 Å². The van der Waals surface area contributed by atoms with Gasteiger partial charge in [0, 0.05) is 5.56 Å². The SMILES string of the molecule is COc1ccc(C=C2SC(c3ccc4ccccc4c3)=NC2=O)cc1. The Bertz CT molecular complexity index is 1020. The molecule has 0 radical (unpaired) electrons. The van der Waals surface area contributed by atoms with Crippen molar-refractivity contribution in [2.24, 2.45) is 4.99 Å². The highest BCUT2D eigenvalue weighted by atomic mass is 32.2. The lowest BCUT2D eigenvalue weighted by Crippen LogP contribution is -1.91. The molecule has 0 aromatic heterocycles. The summed E-state index contributed by atoms with van der Waals surface area (Å²) in [4.78, 5) is 17.1. The van der Waals surface area contributed by atoms with Crippen LogP contribution in [0, 0.1) is 0 Å². The molecule has 25 heavy (non-hydrogen) atoms. The Balaban J connectivity index is 1.61. The standard InChI is InChI=1S/C21H15NO2S/c1-24-18-10-6-14(7-11-18)12-19-20(23)22-21(25-19)17-9-8-15-4-2-3-5-16(15)13-17/h2-13H,1H3. The Morgan fingerprint density at radius 3 is 2.48 bits per heavy atom. The molecule has 0 saturated carbocycles. The van der Waals surface area contributed by atoms with Gasteiger partial charge in [-0.1, -0.05) is 60.3 Å². The molecule has 0 bridgehead atoms. The second-order valence-electron chi connectivity index (χ2n) is 5.67. The van der Waals surface area contributed by atoms with Crippen molar-refractivity contribution in [2.75, 3.05) is 7.11 Å². The van der Waals surface area contributed by atoms with Crippen molar-refractivity contribution in [1.82, 2.24) is 0 Å². The highest BCUT2D eigenvalue weighted by molar-refractivity contribution is 8.19. The maximum atomic E-state index is 12.2. The van der Waals surface area contributed by atoms with Crippen LogP contribution >= 0.6 is 11.8 Å². The van der Waals surface area contributed by atoms with Crippen LogP contribution in [0.2, 0.25) is 0 Å². The van der Waals surface area contributed by atoms with Crippen molar-refractivity contribution in [2.45, 2.75) is 0 Å². The maximum absolute atomic E-state index is 12.2. The summed E-state index contributed by atoms with van der Waals surface area (Å²) >= 11 is 1.42. The molecule has 0 fully saturated rings. The van der Waals surface area contributed by atoms with Gasteiger partial charge in [0.1, 0.15) is 10.8 Å². The minimum absolute atomic E-state index is 0.191. The fraction of sp³-hybridized carbons (Fsp3) is 0.0476. The van der Waals surface area contributed by atoms with Gasteiger partial charge in [0.05, 0.1) is 12.0 Å². The maximum Gasteiger partial charge on any atom is 0.284 e. The van der Waals surface area contributed by atoms with Gasteiger partial charge in [0.15, 0.2) is 0 Å². The number of ether oxygens (including phenoxy) is 1. The molecule has 0 atom stereocenters. The second-order valence-corrected chi connectivity index (χ2v) is 6.70. The largest absolute Gasteiger partial charge is 0.497 e. The van der Waals surface area contributed by atoms with Gasteiger partial charge < -0.3 is 4.74 Å². The molecule has 3 aromatic carbocycles. The number of amides is 1. The Morgan fingerprint density at radius 2 is 1.72 bits per heavy atom. The van der Waals surface area contributed by atoms with Crippen LogP contribution in [0.3, 0.4) is 0 Å². The van der Waals surface area contributed by atoms with E-state index in [9.17, 15) is 4.79 Å². The Labute approximate surface area is 150 Å². The van der Waals surface area contributed by atoms with E-state index in [1.807, 2.05) is 48.5 Å². The zero-order valence-corrected chi connectivity index (χ0v) is 14.4. The topological polar surface area (TPSA) is 38.7 Å². The minimum atomic E-state index is -0.191. The quantitative estimate of drug-likeness (QED) is 0.633. The summed E-state index contributed by atoms with van der Waals surface area (Å²) in [6.07, 6.45) is 1.87. The molecule has 0 aliphatic carbocycles. The third kappa shape index (κ3) is 3.21. The van der Waals surface area contributed by atoms with E-state index in [1.165, 1.54) is 17.1 Å². The first kappa shape index (κ1) is 15.7. The number of carbonyl (C=O) groups is 1. The lowest BCUT2D eigenvalue weighted by molar-refractivity contribution is -0.113. The third-order valence-electron chi connectivity index (χ3n) is 4.03. The average molecular weight is 345 g/mol. The van der Waals surface area contributed by atoms with Gasteiger partial charge in [-0.05, 0) is 40.6 Å². The summed E-state index contributed by atoms with van der Waals surface area (Å²) in [6, 6.07) is 21.9. The molecule has 3 nitrogen and oxygen atoms in total. The molecule has 0 spiro atoms. The van der Waals surface area contributed by atoms with E-state index in [-0.39, 0.29) is 5.91 Å². The smallest absolute Gasteiger partial charge is 0.284 e. The number of carbonyl (C=O) groups excluding carboxylic acids is 1. The van der Waals surface area contributed by atoms with E-state index in [0.29, 0.717) is 4.91 Å². The molecular formula is C21H15NO2S. The number of aliphatic imine (C=N–C) groups is 1. The van der Waals surface area contributed by atoms with E-state index in [0.717, 1.165) is 27.3 Å². The molecule has 1 aliphatic rings. The van der Waals surface area contributed by atoms with Crippen molar-refractivity contribution in [3.8, 4) is 5.75 Å². The van der Waals surface area contributed by atoms with Crippen LogP contribution in [0.25, 0.3) is 16.8 Å². The molecule has 1 aliphatic heterocycles. The summed E-state index contributed by atoms with van der Waals surface area (Å²) in [5.41, 5.74) is 1.92. The van der Waals surface area contributed by atoms with Crippen LogP contribution < -0.4 is 4.74 Å². The lowest BCUT2D eigenvalue weighted by atomic mass is 10.1. The second kappa shape index (κ2) is 6.57. The predicted octanol–water partition coefficient (Wildman–Crippen LogP) is 4.91. The summed E-state index contributed by atoms with van der Waals surface area (Å²) in [7, 11) is 1.63. The number of methoxy groups -OCH3 is 1. The number of hydrogen-bond donors (Lipinski definition) is 0. The molecule has 3 aromatic rings. The summed E-state index contributed by atoms with van der Waals surface area (Å²) in [5, 5.41) is 3.06. The van der Waals surface area contributed by atoms with Crippen LogP contribution in [0.1, 0.15) is 11.1 Å². The molecular weight excluding hydrogens is 330 g/mol. The average Bonchev–Trinajstić information content (AvgIpc) is 3.02. The van der Waals surface area contributed by atoms with Crippen LogP contribution in [-0.2, 0) is 4.79 Å². The highest BCUT2D eigenvalue weighted by Crippen LogP contribution is 2.33. The van der Waals surface area contributed by atoms with Gasteiger partial charge in [-0.25, -0.2) is 4.99 Å².